The third-order valence-electron chi connectivity index (χ3n) is 3.75. The van der Waals surface area contributed by atoms with Crippen molar-refractivity contribution in [2.75, 3.05) is 5.32 Å². The topological polar surface area (TPSA) is 114 Å². The molecule has 0 bridgehead atoms. The summed E-state index contributed by atoms with van der Waals surface area (Å²) >= 11 is 0. The quantitative estimate of drug-likeness (QED) is 0.645. The lowest BCUT2D eigenvalue weighted by molar-refractivity contribution is 0.0981. The number of hydrogen-bond acceptors (Lipinski definition) is 6. The molecule has 0 atom stereocenters. The van der Waals surface area contributed by atoms with Gasteiger partial charge in [0.1, 0.15) is 6.61 Å². The minimum atomic E-state index is -4.07. The molecule has 1 heterocycles. The summed E-state index contributed by atoms with van der Waals surface area (Å²) in [5.74, 6) is -0.811. The van der Waals surface area contributed by atoms with E-state index in [4.69, 9.17) is 4.74 Å². The second-order valence-corrected chi connectivity index (χ2v) is 7.50. The molecular weight excluding hydrogens is 394 g/mol. The minimum Gasteiger partial charge on any atom is -0.444 e. The van der Waals surface area contributed by atoms with Crippen LogP contribution in [0.25, 0.3) is 0 Å². The van der Waals surface area contributed by atoms with E-state index in [9.17, 15) is 18.0 Å². The predicted molar refractivity (Wildman–Crippen MR) is 106 cm³/mol. The summed E-state index contributed by atoms with van der Waals surface area (Å²) < 4.78 is 31.4. The van der Waals surface area contributed by atoms with Crippen LogP contribution in [0.2, 0.25) is 0 Å². The van der Waals surface area contributed by atoms with Gasteiger partial charge in [-0.2, -0.15) is 8.42 Å². The molecule has 0 unspecified atom stereocenters. The van der Waals surface area contributed by atoms with Gasteiger partial charge >= 0.3 is 6.09 Å². The van der Waals surface area contributed by atoms with E-state index in [0.717, 1.165) is 5.56 Å². The molecule has 2 amide bonds. The number of nitrogens with zero attached hydrogens (tertiary/aromatic N) is 1. The van der Waals surface area contributed by atoms with Crippen molar-refractivity contribution >= 4 is 27.7 Å². The highest BCUT2D eigenvalue weighted by atomic mass is 32.2. The van der Waals surface area contributed by atoms with Gasteiger partial charge in [-0.25, -0.2) is 14.5 Å². The molecule has 148 valence electrons. The van der Waals surface area contributed by atoms with Gasteiger partial charge in [0, 0.05) is 17.4 Å². The lowest BCUT2D eigenvalue weighted by atomic mass is 10.2. The third kappa shape index (κ3) is 5.63. The normalized spacial score (nSPS) is 10.8. The van der Waals surface area contributed by atoms with Crippen molar-refractivity contribution in [3.8, 4) is 0 Å². The number of anilines is 1. The molecule has 2 N–H and O–H groups in total. The Bertz CT molecular complexity index is 1090. The molecule has 0 radical (unpaired) electrons. The zero-order chi connectivity index (χ0) is 20.7. The molecule has 0 spiro atoms. The Balaban J connectivity index is 1.56. The highest BCUT2D eigenvalue weighted by Crippen LogP contribution is 2.12. The summed E-state index contributed by atoms with van der Waals surface area (Å²) in [5, 5.41) is 2.27. The number of nitrogens with one attached hydrogen (secondary N) is 2. The maximum absolute atomic E-state index is 12.2. The fourth-order valence-corrected chi connectivity index (χ4v) is 3.25. The molecule has 1 aromatic heterocycles. The molecule has 0 saturated carbocycles. The van der Waals surface area contributed by atoms with E-state index in [1.165, 1.54) is 42.6 Å². The van der Waals surface area contributed by atoms with Gasteiger partial charge in [-0.1, -0.05) is 36.4 Å². The molecule has 0 saturated heterocycles. The van der Waals surface area contributed by atoms with E-state index in [-0.39, 0.29) is 17.2 Å². The Kier molecular flexibility index (Phi) is 6.20. The SMILES string of the molecule is O=C(Nc1ccc(C(=O)NS(=O)(=O)c2ccccn2)cc1)OCc1ccccc1. The smallest absolute Gasteiger partial charge is 0.411 e. The van der Waals surface area contributed by atoms with Crippen molar-refractivity contribution in [2.45, 2.75) is 11.6 Å². The average molecular weight is 411 g/mol. The third-order valence-corrected chi connectivity index (χ3v) is 4.99. The van der Waals surface area contributed by atoms with Crippen molar-refractivity contribution in [3.05, 3.63) is 90.1 Å². The zero-order valence-corrected chi connectivity index (χ0v) is 15.9. The summed E-state index contributed by atoms with van der Waals surface area (Å²) in [4.78, 5) is 27.8. The first-order chi connectivity index (χ1) is 13.9. The Labute approximate surface area is 167 Å². The van der Waals surface area contributed by atoms with Gasteiger partial charge in [0.2, 0.25) is 0 Å². The van der Waals surface area contributed by atoms with Crippen LogP contribution in [0, 0.1) is 0 Å². The zero-order valence-electron chi connectivity index (χ0n) is 15.1. The van der Waals surface area contributed by atoms with E-state index in [1.54, 1.807) is 6.07 Å². The summed E-state index contributed by atoms with van der Waals surface area (Å²) in [5.41, 5.74) is 1.35. The summed E-state index contributed by atoms with van der Waals surface area (Å²) in [6, 6.07) is 19.3. The molecule has 0 fully saturated rings. The second kappa shape index (κ2) is 8.98. The first kappa shape index (κ1) is 20.0. The van der Waals surface area contributed by atoms with Crippen LogP contribution >= 0.6 is 0 Å². The summed E-state index contributed by atoms with van der Waals surface area (Å²) in [6.45, 7) is 0.124. The molecule has 0 aliphatic heterocycles. The van der Waals surface area contributed by atoms with E-state index < -0.39 is 22.0 Å². The van der Waals surface area contributed by atoms with Crippen LogP contribution < -0.4 is 10.0 Å². The standard InChI is InChI=1S/C20H17N3O5S/c24-19(23-29(26,27)18-8-4-5-13-21-18)16-9-11-17(12-10-16)22-20(25)28-14-15-6-2-1-3-7-15/h1-13H,14H2,(H,22,25)(H,23,24). The lowest BCUT2D eigenvalue weighted by Gasteiger charge is -2.09. The molecule has 9 heteroatoms. The molecule has 3 rings (SSSR count). The van der Waals surface area contributed by atoms with Gasteiger partial charge in [-0.15, -0.1) is 0 Å². The van der Waals surface area contributed by atoms with Gasteiger partial charge in [0.15, 0.2) is 5.03 Å². The number of rotatable bonds is 6. The fourth-order valence-electron chi connectivity index (χ4n) is 2.32. The minimum absolute atomic E-state index is 0.104. The number of carbonyl (C=O) groups is 2. The van der Waals surface area contributed by atoms with Crippen LogP contribution in [-0.4, -0.2) is 25.4 Å². The number of hydrogen-bond donors (Lipinski definition) is 2. The van der Waals surface area contributed by atoms with Crippen LogP contribution in [0.15, 0.2) is 84.0 Å². The van der Waals surface area contributed by atoms with Crippen molar-refractivity contribution in [2.24, 2.45) is 0 Å². The Morgan fingerprint density at radius 2 is 1.59 bits per heavy atom. The van der Waals surface area contributed by atoms with E-state index >= 15 is 0 Å². The molecular formula is C20H17N3O5S. The number of aromatic nitrogens is 1. The van der Waals surface area contributed by atoms with Crippen LogP contribution in [-0.2, 0) is 21.4 Å². The maximum atomic E-state index is 12.2. The number of benzene rings is 2. The molecule has 3 aromatic rings. The molecule has 2 aromatic carbocycles. The van der Waals surface area contributed by atoms with E-state index in [0.29, 0.717) is 5.69 Å². The number of carbonyl (C=O) groups excluding carboxylic acids is 2. The largest absolute Gasteiger partial charge is 0.444 e. The van der Waals surface area contributed by atoms with Crippen molar-refractivity contribution in [1.82, 2.24) is 9.71 Å². The van der Waals surface area contributed by atoms with Gasteiger partial charge in [0.05, 0.1) is 0 Å². The molecule has 0 aliphatic carbocycles. The van der Waals surface area contributed by atoms with Gasteiger partial charge in [-0.05, 0) is 42.0 Å². The second-order valence-electron chi connectivity index (χ2n) is 5.87. The van der Waals surface area contributed by atoms with Gasteiger partial charge < -0.3 is 4.74 Å². The number of ether oxygens (including phenoxy) is 1. The monoisotopic (exact) mass is 411 g/mol. The first-order valence-corrected chi connectivity index (χ1v) is 9.98. The number of amides is 2. The van der Waals surface area contributed by atoms with Gasteiger partial charge in [0.25, 0.3) is 15.9 Å². The number of sulfonamides is 1. The Morgan fingerprint density at radius 1 is 0.897 bits per heavy atom. The van der Waals surface area contributed by atoms with Crippen LogP contribution in [0.5, 0.6) is 0 Å². The highest BCUT2D eigenvalue weighted by molar-refractivity contribution is 7.90. The lowest BCUT2D eigenvalue weighted by Crippen LogP contribution is -2.31. The first-order valence-electron chi connectivity index (χ1n) is 8.50. The van der Waals surface area contributed by atoms with Crippen LogP contribution in [0.1, 0.15) is 15.9 Å². The Morgan fingerprint density at radius 3 is 2.24 bits per heavy atom. The van der Waals surface area contributed by atoms with Crippen LogP contribution in [0.4, 0.5) is 10.5 Å². The van der Waals surface area contributed by atoms with Crippen molar-refractivity contribution in [3.63, 3.8) is 0 Å². The van der Waals surface area contributed by atoms with E-state index in [1.807, 2.05) is 35.1 Å². The van der Waals surface area contributed by atoms with Crippen molar-refractivity contribution in [1.29, 1.82) is 0 Å². The summed E-state index contributed by atoms with van der Waals surface area (Å²) in [7, 11) is -4.07. The maximum Gasteiger partial charge on any atom is 0.411 e. The fraction of sp³-hybridized carbons (Fsp3) is 0.0500. The molecule has 8 nitrogen and oxygen atoms in total. The van der Waals surface area contributed by atoms with E-state index in [2.05, 4.69) is 10.3 Å². The molecule has 0 aliphatic rings. The predicted octanol–water partition coefficient (Wildman–Crippen LogP) is 2.95. The van der Waals surface area contributed by atoms with Crippen LogP contribution in [0.3, 0.4) is 0 Å². The highest BCUT2D eigenvalue weighted by Gasteiger charge is 2.19. The Hall–Kier alpha value is -3.72. The van der Waals surface area contributed by atoms with Gasteiger partial charge in [-0.3, -0.25) is 10.1 Å². The average Bonchev–Trinajstić information content (AvgIpc) is 2.74. The number of pyridine rings is 1. The molecule has 29 heavy (non-hydrogen) atoms. The summed E-state index contributed by atoms with van der Waals surface area (Å²) in [6.07, 6.45) is 0.667. The van der Waals surface area contributed by atoms with Crippen molar-refractivity contribution < 1.29 is 22.7 Å².